The Kier molecular flexibility index (Phi) is 6.61. The van der Waals surface area contributed by atoms with E-state index in [9.17, 15) is 4.79 Å². The molecule has 0 bridgehead atoms. The van der Waals surface area contributed by atoms with Crippen LogP contribution in [0.3, 0.4) is 0 Å². The van der Waals surface area contributed by atoms with Gasteiger partial charge in [0.05, 0.1) is 0 Å². The Hall–Kier alpha value is -3.11. The Morgan fingerprint density at radius 3 is 2.56 bits per heavy atom. The number of hydrogen-bond donors (Lipinski definition) is 2. The second-order valence-corrected chi connectivity index (χ2v) is 8.98. The van der Waals surface area contributed by atoms with Gasteiger partial charge in [0.1, 0.15) is 6.54 Å². The summed E-state index contributed by atoms with van der Waals surface area (Å²) in [4.78, 5) is 12.6. The van der Waals surface area contributed by atoms with Crippen molar-refractivity contribution in [3.63, 3.8) is 0 Å². The van der Waals surface area contributed by atoms with Gasteiger partial charge in [0.25, 0.3) is 0 Å². The van der Waals surface area contributed by atoms with Crippen molar-refractivity contribution in [2.24, 2.45) is 0 Å². The van der Waals surface area contributed by atoms with Gasteiger partial charge in [0.15, 0.2) is 0 Å². The van der Waals surface area contributed by atoms with Crippen molar-refractivity contribution in [3.05, 3.63) is 90.0 Å². The molecule has 4 rings (SSSR count). The van der Waals surface area contributed by atoms with E-state index in [4.69, 9.17) is 5.11 Å². The molecular weight excluding hydrogens is 396 g/mol. The van der Waals surface area contributed by atoms with E-state index in [0.717, 1.165) is 17.7 Å². The minimum atomic E-state index is -0.854. The first-order valence-electron chi connectivity index (χ1n) is 11.4. The Morgan fingerprint density at radius 1 is 1.09 bits per heavy atom. The molecule has 0 amide bonds. The quantitative estimate of drug-likeness (QED) is 0.475. The van der Waals surface area contributed by atoms with Crippen LogP contribution in [0.2, 0.25) is 0 Å². The van der Waals surface area contributed by atoms with Crippen molar-refractivity contribution < 1.29 is 9.90 Å². The summed E-state index contributed by atoms with van der Waals surface area (Å²) in [5.41, 5.74) is 4.41. The molecule has 166 valence electrons. The van der Waals surface area contributed by atoms with Crippen LogP contribution in [0.25, 0.3) is 16.5 Å². The van der Waals surface area contributed by atoms with E-state index in [1.165, 1.54) is 34.7 Å². The summed E-state index contributed by atoms with van der Waals surface area (Å²) in [6.07, 6.45) is 3.49. The van der Waals surface area contributed by atoms with Gasteiger partial charge in [0.2, 0.25) is 0 Å². The van der Waals surface area contributed by atoms with Gasteiger partial charge in [-0.3, -0.25) is 4.79 Å². The van der Waals surface area contributed by atoms with Crippen LogP contribution in [0.4, 0.5) is 0 Å². The molecular formula is C28H32N2O2. The highest BCUT2D eigenvalue weighted by Gasteiger charge is 2.27. The van der Waals surface area contributed by atoms with Gasteiger partial charge in [-0.1, -0.05) is 73.3 Å². The van der Waals surface area contributed by atoms with Crippen LogP contribution in [0.15, 0.2) is 73.3 Å². The maximum Gasteiger partial charge on any atom is 0.323 e. The first kappa shape index (κ1) is 22.1. The van der Waals surface area contributed by atoms with Crippen LogP contribution in [0, 0.1) is 0 Å². The standard InChI is InChI=1S/C28H32N2O2/c1-19(26-10-6-8-23-7-4-5-9-27(23)26)29-25-16-15-24(17-25)22-13-11-21(12-14-22)20(2)30(3)18-28(31)32/h4-14,19,24-25,29H,2,15-18H2,1,3H3,(H,31,32)/t19-,24-,25+/m1/s1. The average Bonchev–Trinajstić information content (AvgIpc) is 3.26. The maximum atomic E-state index is 10.9. The van der Waals surface area contributed by atoms with Crippen molar-refractivity contribution in [2.75, 3.05) is 13.6 Å². The van der Waals surface area contributed by atoms with Gasteiger partial charge in [-0.15, -0.1) is 0 Å². The van der Waals surface area contributed by atoms with Crippen LogP contribution in [-0.2, 0) is 4.79 Å². The highest BCUT2D eigenvalue weighted by Crippen LogP contribution is 2.36. The second-order valence-electron chi connectivity index (χ2n) is 8.98. The summed E-state index contributed by atoms with van der Waals surface area (Å²) in [5, 5.41) is 15.5. The number of likely N-dealkylation sites (N-methyl/N-ethyl adjacent to an activating group) is 1. The SMILES string of the molecule is C=C(c1ccc([C@@H]2CC[C@H](N[C@H](C)c3cccc4ccccc34)C2)cc1)N(C)CC(=O)O. The Morgan fingerprint density at radius 2 is 1.81 bits per heavy atom. The zero-order valence-electron chi connectivity index (χ0n) is 18.9. The number of nitrogens with one attached hydrogen (secondary N) is 1. The van der Waals surface area contributed by atoms with Gasteiger partial charge >= 0.3 is 5.97 Å². The Balaban J connectivity index is 1.38. The molecule has 0 saturated heterocycles. The molecule has 1 aliphatic rings. The average molecular weight is 429 g/mol. The van der Waals surface area contributed by atoms with Crippen LogP contribution in [-0.4, -0.2) is 35.6 Å². The fourth-order valence-corrected chi connectivity index (χ4v) is 4.97. The summed E-state index contributed by atoms with van der Waals surface area (Å²) in [5.74, 6) is -0.307. The maximum absolute atomic E-state index is 10.9. The van der Waals surface area contributed by atoms with E-state index in [1.807, 2.05) is 0 Å². The second kappa shape index (κ2) is 9.58. The summed E-state index contributed by atoms with van der Waals surface area (Å²) in [6.45, 7) is 6.27. The molecule has 2 N–H and O–H groups in total. The lowest BCUT2D eigenvalue weighted by Crippen LogP contribution is -2.29. The molecule has 4 heteroatoms. The lowest BCUT2D eigenvalue weighted by atomic mass is 9.95. The van der Waals surface area contributed by atoms with E-state index >= 15 is 0 Å². The largest absolute Gasteiger partial charge is 0.480 e. The molecule has 4 nitrogen and oxygen atoms in total. The number of carboxylic acids is 1. The van der Waals surface area contributed by atoms with Crippen molar-refractivity contribution in [1.82, 2.24) is 10.2 Å². The van der Waals surface area contributed by atoms with Gasteiger partial charge < -0.3 is 15.3 Å². The minimum absolute atomic E-state index is 0.0502. The molecule has 0 heterocycles. The van der Waals surface area contributed by atoms with E-state index in [1.54, 1.807) is 11.9 Å². The number of fused-ring (bicyclic) bond motifs is 1. The number of benzene rings is 3. The van der Waals surface area contributed by atoms with E-state index in [-0.39, 0.29) is 6.54 Å². The van der Waals surface area contributed by atoms with Crippen LogP contribution in [0.5, 0.6) is 0 Å². The third kappa shape index (κ3) is 4.86. The third-order valence-electron chi connectivity index (χ3n) is 6.76. The monoisotopic (exact) mass is 428 g/mol. The molecule has 0 aliphatic heterocycles. The summed E-state index contributed by atoms with van der Waals surface area (Å²) in [6, 6.07) is 24.4. The smallest absolute Gasteiger partial charge is 0.323 e. The molecule has 0 unspecified atom stereocenters. The van der Waals surface area contributed by atoms with E-state index in [0.29, 0.717) is 18.0 Å². The van der Waals surface area contributed by atoms with Crippen LogP contribution in [0.1, 0.15) is 54.8 Å². The molecule has 1 fully saturated rings. The van der Waals surface area contributed by atoms with Crippen molar-refractivity contribution in [1.29, 1.82) is 0 Å². The number of hydrogen-bond acceptors (Lipinski definition) is 3. The predicted octanol–water partition coefficient (Wildman–Crippen LogP) is 5.81. The van der Waals surface area contributed by atoms with Crippen molar-refractivity contribution >= 4 is 22.4 Å². The van der Waals surface area contributed by atoms with E-state index < -0.39 is 5.97 Å². The number of rotatable bonds is 8. The Bertz CT molecular complexity index is 1100. The van der Waals surface area contributed by atoms with Gasteiger partial charge in [-0.25, -0.2) is 0 Å². The topological polar surface area (TPSA) is 52.6 Å². The zero-order chi connectivity index (χ0) is 22.7. The van der Waals surface area contributed by atoms with Gasteiger partial charge in [0, 0.05) is 24.8 Å². The van der Waals surface area contributed by atoms with Crippen molar-refractivity contribution in [3.8, 4) is 0 Å². The van der Waals surface area contributed by atoms with Crippen LogP contribution >= 0.6 is 0 Å². The summed E-state index contributed by atoms with van der Waals surface area (Å²) < 4.78 is 0. The lowest BCUT2D eigenvalue weighted by Gasteiger charge is -2.22. The minimum Gasteiger partial charge on any atom is -0.480 e. The molecule has 1 saturated carbocycles. The lowest BCUT2D eigenvalue weighted by molar-refractivity contribution is -0.137. The number of carbonyl (C=O) groups is 1. The normalized spacial score (nSPS) is 19.1. The molecule has 0 radical (unpaired) electrons. The predicted molar refractivity (Wildman–Crippen MR) is 132 cm³/mol. The molecule has 3 aromatic carbocycles. The summed E-state index contributed by atoms with van der Waals surface area (Å²) >= 11 is 0. The third-order valence-corrected chi connectivity index (χ3v) is 6.76. The first-order chi connectivity index (χ1) is 15.4. The molecule has 0 aromatic heterocycles. The Labute approximate surface area is 190 Å². The van der Waals surface area contributed by atoms with E-state index in [2.05, 4.69) is 85.5 Å². The van der Waals surface area contributed by atoms with Crippen LogP contribution < -0.4 is 5.32 Å². The molecule has 3 aromatic rings. The van der Waals surface area contributed by atoms with Crippen molar-refractivity contribution in [2.45, 2.75) is 44.2 Å². The fourth-order valence-electron chi connectivity index (χ4n) is 4.97. The molecule has 3 atom stereocenters. The number of carboxylic acid groups (broad SMARTS) is 1. The number of nitrogens with zero attached hydrogens (tertiary/aromatic N) is 1. The fraction of sp³-hybridized carbons (Fsp3) is 0.321. The first-order valence-corrected chi connectivity index (χ1v) is 11.4. The number of aliphatic carboxylic acids is 1. The molecule has 32 heavy (non-hydrogen) atoms. The molecule has 1 aliphatic carbocycles. The zero-order valence-corrected chi connectivity index (χ0v) is 18.9. The van der Waals surface area contributed by atoms with Gasteiger partial charge in [-0.2, -0.15) is 0 Å². The highest BCUT2D eigenvalue weighted by atomic mass is 16.4. The van der Waals surface area contributed by atoms with Gasteiger partial charge in [-0.05, 0) is 59.6 Å². The molecule has 0 spiro atoms. The highest BCUT2D eigenvalue weighted by molar-refractivity contribution is 5.86. The summed E-state index contributed by atoms with van der Waals surface area (Å²) in [7, 11) is 1.76.